The van der Waals surface area contributed by atoms with E-state index in [0.717, 1.165) is 12.8 Å². The van der Waals surface area contributed by atoms with E-state index in [2.05, 4.69) is 10.4 Å². The molecule has 30 heavy (non-hydrogen) atoms. The van der Waals surface area contributed by atoms with Gasteiger partial charge in [0.1, 0.15) is 16.5 Å². The van der Waals surface area contributed by atoms with Gasteiger partial charge in [-0.25, -0.2) is 17.2 Å². The third-order valence-electron chi connectivity index (χ3n) is 5.35. The Bertz CT molecular complexity index is 1200. The van der Waals surface area contributed by atoms with E-state index in [0.29, 0.717) is 22.4 Å². The van der Waals surface area contributed by atoms with E-state index in [1.54, 1.807) is 16.8 Å². The van der Waals surface area contributed by atoms with Crippen molar-refractivity contribution in [2.24, 2.45) is 0 Å². The van der Waals surface area contributed by atoms with Crippen molar-refractivity contribution in [2.45, 2.75) is 23.8 Å². The van der Waals surface area contributed by atoms with E-state index in [1.807, 2.05) is 0 Å². The molecule has 5 rings (SSSR count). The van der Waals surface area contributed by atoms with E-state index < -0.39 is 15.8 Å². The van der Waals surface area contributed by atoms with E-state index in [9.17, 15) is 17.2 Å². The van der Waals surface area contributed by atoms with Crippen molar-refractivity contribution in [3.63, 3.8) is 0 Å². The van der Waals surface area contributed by atoms with E-state index in [-0.39, 0.29) is 43.1 Å². The van der Waals surface area contributed by atoms with Gasteiger partial charge in [0, 0.05) is 30.2 Å². The van der Waals surface area contributed by atoms with Gasteiger partial charge in [-0.2, -0.15) is 9.40 Å². The first-order valence-electron chi connectivity index (χ1n) is 9.76. The maximum absolute atomic E-state index is 15.0. The minimum atomic E-state index is -4.01. The van der Waals surface area contributed by atoms with Crippen molar-refractivity contribution >= 4 is 32.4 Å². The molecule has 0 atom stereocenters. The van der Waals surface area contributed by atoms with E-state index in [4.69, 9.17) is 4.74 Å². The summed E-state index contributed by atoms with van der Waals surface area (Å²) in [5.41, 5.74) is 1.13. The first-order chi connectivity index (χ1) is 14.4. The summed E-state index contributed by atoms with van der Waals surface area (Å²) in [5, 5.41) is 8.17. The summed E-state index contributed by atoms with van der Waals surface area (Å²) in [5.74, 6) is -0.763. The maximum atomic E-state index is 15.0. The fourth-order valence-electron chi connectivity index (χ4n) is 3.62. The molecule has 0 radical (unpaired) electrons. The van der Waals surface area contributed by atoms with Crippen molar-refractivity contribution in [1.82, 2.24) is 14.1 Å². The van der Waals surface area contributed by atoms with Crippen molar-refractivity contribution < 1.29 is 21.9 Å². The molecular formula is C20H20F2N4O3S. The summed E-state index contributed by atoms with van der Waals surface area (Å²) < 4.78 is 62.5. The number of aromatic nitrogens is 2. The van der Waals surface area contributed by atoms with Crippen LogP contribution in [-0.4, -0.2) is 48.8 Å². The van der Waals surface area contributed by atoms with Crippen LogP contribution in [0.15, 0.2) is 41.3 Å². The lowest BCUT2D eigenvalue weighted by atomic mass is 10.2. The molecule has 1 aliphatic heterocycles. The number of benzene rings is 2. The summed E-state index contributed by atoms with van der Waals surface area (Å²) in [6.07, 6.45) is 1.87. The molecule has 2 aromatic carbocycles. The number of ether oxygens (including phenoxy) is 1. The molecule has 10 heteroatoms. The van der Waals surface area contributed by atoms with Crippen LogP contribution in [0, 0.1) is 11.6 Å². The summed E-state index contributed by atoms with van der Waals surface area (Å²) in [7, 11) is -4.01. The van der Waals surface area contributed by atoms with Gasteiger partial charge in [0.05, 0.1) is 24.8 Å². The second kappa shape index (κ2) is 7.29. The fraction of sp³-hybridized carbons (Fsp3) is 0.350. The second-order valence-electron chi connectivity index (χ2n) is 7.47. The van der Waals surface area contributed by atoms with Gasteiger partial charge in [0.2, 0.25) is 10.0 Å². The largest absolute Gasteiger partial charge is 0.379 e. The van der Waals surface area contributed by atoms with Crippen LogP contribution in [0.25, 0.3) is 10.9 Å². The second-order valence-corrected chi connectivity index (χ2v) is 9.38. The number of rotatable bonds is 5. The average molecular weight is 434 g/mol. The molecule has 1 aliphatic carbocycles. The Morgan fingerprint density at radius 2 is 1.77 bits per heavy atom. The van der Waals surface area contributed by atoms with Gasteiger partial charge >= 0.3 is 0 Å². The molecule has 158 valence electrons. The highest BCUT2D eigenvalue weighted by atomic mass is 32.2. The van der Waals surface area contributed by atoms with E-state index in [1.165, 1.54) is 28.6 Å². The summed E-state index contributed by atoms with van der Waals surface area (Å²) in [6, 6.07) is 8.50. The first kappa shape index (κ1) is 19.4. The molecule has 2 aliphatic rings. The number of morpholine rings is 1. The van der Waals surface area contributed by atoms with Crippen LogP contribution in [0.2, 0.25) is 0 Å². The van der Waals surface area contributed by atoms with Crippen molar-refractivity contribution in [3.8, 4) is 0 Å². The molecule has 0 spiro atoms. The van der Waals surface area contributed by atoms with Crippen LogP contribution in [0.1, 0.15) is 18.9 Å². The van der Waals surface area contributed by atoms with E-state index >= 15 is 0 Å². The third-order valence-corrected chi connectivity index (χ3v) is 7.26. The molecule has 1 saturated heterocycles. The van der Waals surface area contributed by atoms with Gasteiger partial charge < -0.3 is 10.1 Å². The van der Waals surface area contributed by atoms with Crippen LogP contribution in [-0.2, 0) is 14.8 Å². The number of halogens is 2. The molecule has 3 aromatic rings. The molecule has 2 fully saturated rings. The predicted molar refractivity (Wildman–Crippen MR) is 107 cm³/mol. The maximum Gasteiger partial charge on any atom is 0.246 e. The molecule has 0 bridgehead atoms. The smallest absolute Gasteiger partial charge is 0.246 e. The minimum Gasteiger partial charge on any atom is -0.379 e. The number of nitrogens with one attached hydrogen (secondary N) is 1. The highest BCUT2D eigenvalue weighted by Crippen LogP contribution is 2.40. The molecule has 1 saturated carbocycles. The molecule has 0 unspecified atom stereocenters. The van der Waals surface area contributed by atoms with Gasteiger partial charge in [0.15, 0.2) is 5.82 Å². The monoisotopic (exact) mass is 434 g/mol. The van der Waals surface area contributed by atoms with Gasteiger partial charge in [0.25, 0.3) is 0 Å². The van der Waals surface area contributed by atoms with Crippen molar-refractivity contribution in [2.75, 3.05) is 31.6 Å². The molecule has 0 amide bonds. The summed E-state index contributed by atoms with van der Waals surface area (Å²) in [4.78, 5) is -0.380. The summed E-state index contributed by atoms with van der Waals surface area (Å²) >= 11 is 0. The average Bonchev–Trinajstić information content (AvgIpc) is 3.53. The zero-order chi connectivity index (χ0) is 20.9. The number of fused-ring (bicyclic) bond motifs is 1. The third kappa shape index (κ3) is 3.44. The lowest BCUT2D eigenvalue weighted by molar-refractivity contribution is 0.0729. The Morgan fingerprint density at radius 1 is 1.07 bits per heavy atom. The number of sulfonamides is 1. The normalized spacial score (nSPS) is 18.1. The van der Waals surface area contributed by atoms with Gasteiger partial charge in [-0.05, 0) is 43.2 Å². The van der Waals surface area contributed by atoms with Gasteiger partial charge in [-0.3, -0.25) is 4.68 Å². The molecule has 7 nitrogen and oxygen atoms in total. The Labute approximate surface area is 172 Å². The Kier molecular flexibility index (Phi) is 4.72. The van der Waals surface area contributed by atoms with Crippen LogP contribution in [0.4, 0.5) is 20.3 Å². The van der Waals surface area contributed by atoms with Crippen molar-refractivity contribution in [1.29, 1.82) is 0 Å². The minimum absolute atomic E-state index is 0.164. The number of nitrogens with zero attached hydrogens (tertiary/aromatic N) is 3. The summed E-state index contributed by atoms with van der Waals surface area (Å²) in [6.45, 7) is 0.920. The first-order valence-corrected chi connectivity index (χ1v) is 11.2. The van der Waals surface area contributed by atoms with Crippen LogP contribution in [0.5, 0.6) is 0 Å². The van der Waals surface area contributed by atoms with Gasteiger partial charge in [-0.1, -0.05) is 0 Å². The predicted octanol–water partition coefficient (Wildman–Crippen LogP) is 3.41. The lowest BCUT2D eigenvalue weighted by Gasteiger charge is -2.26. The zero-order valence-electron chi connectivity index (χ0n) is 16.0. The zero-order valence-corrected chi connectivity index (χ0v) is 16.8. The Hall–Kier alpha value is -2.56. The fourth-order valence-corrected chi connectivity index (χ4v) is 5.10. The SMILES string of the molecule is O=S(=O)(c1cc2c(Nc3ccc(F)cc3)nn(C3CC3)c2cc1F)N1CCOCC1. The number of hydrogen-bond acceptors (Lipinski definition) is 5. The molecule has 1 N–H and O–H groups in total. The Morgan fingerprint density at radius 3 is 2.43 bits per heavy atom. The highest BCUT2D eigenvalue weighted by molar-refractivity contribution is 7.89. The van der Waals surface area contributed by atoms with Crippen LogP contribution < -0.4 is 5.32 Å². The van der Waals surface area contributed by atoms with Crippen LogP contribution >= 0.6 is 0 Å². The molecular weight excluding hydrogens is 414 g/mol. The molecule has 1 aromatic heterocycles. The highest BCUT2D eigenvalue weighted by Gasteiger charge is 2.32. The topological polar surface area (TPSA) is 76.5 Å². The Balaban J connectivity index is 1.61. The standard InChI is InChI=1S/C20H20F2N4O3S/c21-13-1-3-14(4-2-13)23-20-16-11-19(30(27,28)25-7-9-29-10-8-25)17(22)12-18(16)26(24-20)15-5-6-15/h1-4,11-12,15H,5-10H2,(H,23,24). The van der Waals surface area contributed by atoms with Crippen molar-refractivity contribution in [3.05, 3.63) is 48.0 Å². The molecule has 2 heterocycles. The van der Waals surface area contributed by atoms with Crippen LogP contribution in [0.3, 0.4) is 0 Å². The lowest BCUT2D eigenvalue weighted by Crippen LogP contribution is -2.40. The number of hydrogen-bond donors (Lipinski definition) is 1. The number of anilines is 2. The quantitative estimate of drug-likeness (QED) is 0.666. The van der Waals surface area contributed by atoms with Gasteiger partial charge in [-0.15, -0.1) is 0 Å².